The molecule has 2 aromatic carbocycles. The molecular weight excluding hydrogens is 548 g/mol. The van der Waals surface area contributed by atoms with Crippen LogP contribution in [0.15, 0.2) is 97.3 Å². The fourth-order valence-corrected chi connectivity index (χ4v) is 5.83. The Morgan fingerprint density at radius 3 is 1.91 bits per heavy atom. The van der Waals surface area contributed by atoms with Gasteiger partial charge in [0.15, 0.2) is 0 Å². The van der Waals surface area contributed by atoms with Gasteiger partial charge < -0.3 is 20.5 Å². The molecule has 0 bridgehead atoms. The molecule has 1 aliphatic heterocycles. The minimum absolute atomic E-state index is 0.698. The van der Waals surface area contributed by atoms with Gasteiger partial charge in [-0.05, 0) is 54.3 Å². The molecule has 2 aromatic heterocycles. The highest BCUT2D eigenvalue weighted by Crippen LogP contribution is 2.38. The lowest BCUT2D eigenvalue weighted by atomic mass is 9.84. The van der Waals surface area contributed by atoms with Crippen LogP contribution >= 0.6 is 0 Å². The van der Waals surface area contributed by atoms with Gasteiger partial charge in [0.1, 0.15) is 5.75 Å². The number of aliphatic hydroxyl groups is 1. The number of nitrogens with zero attached hydrogens (tertiary/aromatic N) is 4. The fourth-order valence-electron chi connectivity index (χ4n) is 5.83. The van der Waals surface area contributed by atoms with Crippen LogP contribution in [0, 0.1) is 0 Å². The predicted molar refractivity (Wildman–Crippen MR) is 175 cm³/mol. The summed E-state index contributed by atoms with van der Waals surface area (Å²) in [5, 5.41) is 18.5. The second-order valence-electron chi connectivity index (χ2n) is 11.6. The molecule has 8 heteroatoms. The number of aromatic nitrogens is 2. The summed E-state index contributed by atoms with van der Waals surface area (Å²) in [5.74, 6) is 0.765. The Balaban J connectivity index is 1.11. The lowest BCUT2D eigenvalue weighted by Gasteiger charge is -2.39. The maximum Gasteiger partial charge on any atom is 0.124 e. The molecule has 3 N–H and O–H groups in total. The van der Waals surface area contributed by atoms with Crippen LogP contribution in [0.3, 0.4) is 0 Å². The van der Waals surface area contributed by atoms with E-state index in [-0.39, 0.29) is 0 Å². The first-order valence-corrected chi connectivity index (χ1v) is 15.7. The van der Waals surface area contributed by atoms with Gasteiger partial charge in [-0.1, -0.05) is 54.6 Å². The Morgan fingerprint density at radius 2 is 1.34 bits per heavy atom. The van der Waals surface area contributed by atoms with Crippen LogP contribution in [-0.4, -0.2) is 71.3 Å². The Labute approximate surface area is 262 Å². The second-order valence-corrected chi connectivity index (χ2v) is 11.6. The van der Waals surface area contributed by atoms with Gasteiger partial charge in [-0.15, -0.1) is 0 Å². The number of hydrogen-bond donors (Lipinski definition) is 3. The fraction of sp³-hybridized carbons (Fsp3) is 0.389. The molecule has 44 heavy (non-hydrogen) atoms. The van der Waals surface area contributed by atoms with Crippen LogP contribution in [0.1, 0.15) is 40.9 Å². The lowest BCUT2D eigenvalue weighted by Crippen LogP contribution is -2.42. The first-order chi connectivity index (χ1) is 21.6. The van der Waals surface area contributed by atoms with Gasteiger partial charge in [0.2, 0.25) is 0 Å². The van der Waals surface area contributed by atoms with Crippen LogP contribution in [0.2, 0.25) is 0 Å². The van der Waals surface area contributed by atoms with Crippen LogP contribution in [0.25, 0.3) is 0 Å². The van der Waals surface area contributed by atoms with Crippen LogP contribution < -0.4 is 15.4 Å². The number of methoxy groups -OCH3 is 1. The summed E-state index contributed by atoms with van der Waals surface area (Å²) in [7, 11) is 1.67. The number of likely N-dealkylation sites (tertiary alicyclic amines) is 1. The van der Waals surface area contributed by atoms with Gasteiger partial charge in [0.25, 0.3) is 0 Å². The van der Waals surface area contributed by atoms with Crippen LogP contribution in [0.5, 0.6) is 5.75 Å². The molecule has 0 aliphatic carbocycles. The van der Waals surface area contributed by atoms with E-state index < -0.39 is 5.60 Å². The highest BCUT2D eigenvalue weighted by atomic mass is 16.5. The van der Waals surface area contributed by atoms with E-state index in [2.05, 4.69) is 66.8 Å². The van der Waals surface area contributed by atoms with Crippen molar-refractivity contribution in [3.8, 4) is 5.75 Å². The maximum atomic E-state index is 11.4. The molecule has 0 amide bonds. The third-order valence-corrected chi connectivity index (χ3v) is 8.40. The molecule has 3 heterocycles. The number of para-hydroxylation sites is 1. The van der Waals surface area contributed by atoms with E-state index in [1.54, 1.807) is 7.11 Å². The molecule has 0 spiro atoms. The topological polar surface area (TPSA) is 85.8 Å². The number of hydrogen-bond acceptors (Lipinski definition) is 8. The van der Waals surface area contributed by atoms with Crippen molar-refractivity contribution in [1.29, 1.82) is 0 Å². The average Bonchev–Trinajstić information content (AvgIpc) is 3.08. The van der Waals surface area contributed by atoms with Gasteiger partial charge in [0.05, 0.1) is 24.1 Å². The Bertz CT molecular complexity index is 1330. The predicted octanol–water partition coefficient (Wildman–Crippen LogP) is 4.35. The van der Waals surface area contributed by atoms with Crippen molar-refractivity contribution in [1.82, 2.24) is 30.4 Å². The Morgan fingerprint density at radius 1 is 0.773 bits per heavy atom. The van der Waals surface area contributed by atoms with E-state index in [1.165, 1.54) is 11.1 Å². The zero-order valence-electron chi connectivity index (χ0n) is 25.9. The number of rotatable bonds is 16. The van der Waals surface area contributed by atoms with Crippen molar-refractivity contribution in [2.24, 2.45) is 0 Å². The molecule has 0 radical (unpaired) electrons. The summed E-state index contributed by atoms with van der Waals surface area (Å²) in [4.78, 5) is 13.8. The van der Waals surface area contributed by atoms with Gasteiger partial charge in [-0.2, -0.15) is 0 Å². The summed E-state index contributed by atoms with van der Waals surface area (Å²) in [6, 6.07) is 28.9. The summed E-state index contributed by atoms with van der Waals surface area (Å²) >= 11 is 0. The number of pyridine rings is 2. The first-order valence-electron chi connectivity index (χ1n) is 15.7. The first kappa shape index (κ1) is 31.8. The average molecular weight is 595 g/mol. The Kier molecular flexibility index (Phi) is 11.9. The van der Waals surface area contributed by atoms with Gasteiger partial charge in [0, 0.05) is 83.4 Å². The van der Waals surface area contributed by atoms with E-state index in [9.17, 15) is 5.11 Å². The standard InChI is InChI=1S/C36H46N6O2/c1-44-35-11-3-2-10-34(35)36(43)16-22-41(23-17-36)28-30-12-14-31(15-13-30)29-42(24-20-37-26-32-8-4-6-18-39-32)25-21-38-27-33-9-5-7-19-40-33/h2-15,18-19,37-38,43H,16-17,20-29H2,1H3. The molecule has 5 rings (SSSR count). The zero-order valence-corrected chi connectivity index (χ0v) is 25.9. The highest BCUT2D eigenvalue weighted by Gasteiger charge is 2.36. The van der Waals surface area contributed by atoms with Gasteiger partial charge in [-0.3, -0.25) is 19.8 Å². The third-order valence-electron chi connectivity index (χ3n) is 8.40. The second kappa shape index (κ2) is 16.4. The Hall–Kier alpha value is -3.66. The highest BCUT2D eigenvalue weighted by molar-refractivity contribution is 5.38. The molecule has 1 aliphatic rings. The van der Waals surface area contributed by atoms with Crippen molar-refractivity contribution in [2.75, 3.05) is 46.4 Å². The minimum Gasteiger partial charge on any atom is -0.496 e. The quantitative estimate of drug-likeness (QED) is 0.165. The van der Waals surface area contributed by atoms with Crippen molar-refractivity contribution in [3.05, 3.63) is 125 Å². The molecular formula is C36H46N6O2. The molecule has 8 nitrogen and oxygen atoms in total. The SMILES string of the molecule is COc1ccccc1C1(O)CCN(Cc2ccc(CN(CCNCc3ccccn3)CCNCc3ccccn3)cc2)CC1. The number of piperidine rings is 1. The number of ether oxygens (including phenoxy) is 1. The minimum atomic E-state index is -0.838. The van der Waals surface area contributed by atoms with Gasteiger partial charge >= 0.3 is 0 Å². The number of nitrogens with one attached hydrogen (secondary N) is 2. The molecule has 1 saturated heterocycles. The smallest absolute Gasteiger partial charge is 0.124 e. The van der Waals surface area contributed by atoms with E-state index >= 15 is 0 Å². The molecule has 0 unspecified atom stereocenters. The number of benzene rings is 2. The zero-order chi connectivity index (χ0) is 30.5. The third kappa shape index (κ3) is 9.42. The summed E-state index contributed by atoms with van der Waals surface area (Å²) in [6.45, 7) is 8.71. The van der Waals surface area contributed by atoms with Crippen LogP contribution in [0.4, 0.5) is 0 Å². The van der Waals surface area contributed by atoms with Crippen molar-refractivity contribution < 1.29 is 9.84 Å². The molecule has 0 saturated carbocycles. The lowest BCUT2D eigenvalue weighted by molar-refractivity contribution is -0.0292. The molecule has 4 aromatic rings. The molecule has 232 valence electrons. The van der Waals surface area contributed by atoms with E-state index in [0.29, 0.717) is 12.8 Å². The van der Waals surface area contributed by atoms with Crippen molar-refractivity contribution in [3.63, 3.8) is 0 Å². The summed E-state index contributed by atoms with van der Waals surface area (Å²) in [6.07, 6.45) is 5.08. The normalized spacial score (nSPS) is 15.0. The van der Waals surface area contributed by atoms with E-state index in [0.717, 1.165) is 88.1 Å². The summed E-state index contributed by atoms with van der Waals surface area (Å²) < 4.78 is 5.53. The summed E-state index contributed by atoms with van der Waals surface area (Å²) in [5.41, 5.74) is 4.80. The van der Waals surface area contributed by atoms with E-state index in [4.69, 9.17) is 4.74 Å². The van der Waals surface area contributed by atoms with E-state index in [1.807, 2.05) is 60.9 Å². The molecule has 1 fully saturated rings. The van der Waals surface area contributed by atoms with Crippen LogP contribution in [-0.2, 0) is 31.8 Å². The van der Waals surface area contributed by atoms with Crippen molar-refractivity contribution in [2.45, 2.75) is 44.6 Å². The van der Waals surface area contributed by atoms with Gasteiger partial charge in [-0.25, -0.2) is 0 Å². The maximum absolute atomic E-state index is 11.4. The molecule has 0 atom stereocenters. The van der Waals surface area contributed by atoms with Crippen molar-refractivity contribution >= 4 is 0 Å². The largest absolute Gasteiger partial charge is 0.496 e. The monoisotopic (exact) mass is 594 g/mol.